The standard InChI is InChI=1S/C20H21N3O4S/c1-15-19(24)23(16-8-4-3-5-9-16)20(25)28(15,26-2)18-14-22(12-13-27-18)17-10-6-7-11-21-17/h3-11,18H,1,12-14H2,2H3/t18-/m0/s1. The number of ether oxygens (including phenoxy) is 1. The van der Waals surface area contributed by atoms with Crippen LogP contribution in [0, 0.1) is 0 Å². The molecule has 0 saturated carbocycles. The van der Waals surface area contributed by atoms with Crippen LogP contribution in [0.2, 0.25) is 0 Å². The van der Waals surface area contributed by atoms with E-state index in [1.54, 1.807) is 30.5 Å². The molecule has 0 N–H and O–H groups in total. The van der Waals surface area contributed by atoms with Gasteiger partial charge in [0.2, 0.25) is 0 Å². The van der Waals surface area contributed by atoms with E-state index in [0.717, 1.165) is 10.7 Å². The number of imide groups is 1. The second-order valence-corrected chi connectivity index (χ2v) is 9.27. The third-order valence-electron chi connectivity index (χ3n) is 4.90. The molecule has 1 aromatic carbocycles. The Morgan fingerprint density at radius 2 is 1.93 bits per heavy atom. The third kappa shape index (κ3) is 2.81. The molecule has 3 heterocycles. The summed E-state index contributed by atoms with van der Waals surface area (Å²) < 4.78 is 11.7. The van der Waals surface area contributed by atoms with E-state index in [2.05, 4.69) is 11.6 Å². The van der Waals surface area contributed by atoms with Crippen molar-refractivity contribution < 1.29 is 18.5 Å². The lowest BCUT2D eigenvalue weighted by molar-refractivity contribution is -0.113. The number of hydrogen-bond donors (Lipinski definition) is 0. The predicted octanol–water partition coefficient (Wildman–Crippen LogP) is 3.29. The molecule has 2 saturated heterocycles. The molecule has 2 aromatic rings. The fourth-order valence-electron chi connectivity index (χ4n) is 3.50. The number of benzene rings is 1. The summed E-state index contributed by atoms with van der Waals surface area (Å²) in [4.78, 5) is 34.2. The van der Waals surface area contributed by atoms with E-state index in [9.17, 15) is 9.59 Å². The number of rotatable bonds is 4. The number of para-hydroxylation sites is 1. The SMILES string of the molecule is C=C1C(=O)N(c2ccccc2)C(=O)S1(OC)[C@H]1CN(c2ccccn2)CCO1. The first kappa shape index (κ1) is 18.7. The van der Waals surface area contributed by atoms with Crippen LogP contribution in [0.1, 0.15) is 0 Å². The van der Waals surface area contributed by atoms with Crippen LogP contribution >= 0.6 is 10.3 Å². The van der Waals surface area contributed by atoms with E-state index < -0.39 is 26.9 Å². The van der Waals surface area contributed by atoms with Gasteiger partial charge in [0.05, 0.1) is 23.7 Å². The minimum Gasteiger partial charge on any atom is -0.362 e. The highest BCUT2D eigenvalue weighted by Gasteiger charge is 2.58. The quantitative estimate of drug-likeness (QED) is 0.735. The van der Waals surface area contributed by atoms with Crippen LogP contribution in [0.15, 0.2) is 66.2 Å². The third-order valence-corrected chi connectivity index (χ3v) is 8.06. The largest absolute Gasteiger partial charge is 0.362 e. The van der Waals surface area contributed by atoms with Crippen molar-refractivity contribution in [3.05, 3.63) is 66.2 Å². The molecule has 2 aliphatic heterocycles. The van der Waals surface area contributed by atoms with Gasteiger partial charge in [-0.3, -0.25) is 9.59 Å². The topological polar surface area (TPSA) is 72.0 Å². The van der Waals surface area contributed by atoms with Crippen molar-refractivity contribution in [2.75, 3.05) is 36.6 Å². The summed E-state index contributed by atoms with van der Waals surface area (Å²) >= 11 is 0. The zero-order valence-electron chi connectivity index (χ0n) is 15.5. The zero-order valence-corrected chi connectivity index (χ0v) is 16.3. The maximum absolute atomic E-state index is 13.5. The first-order chi connectivity index (χ1) is 13.6. The highest BCUT2D eigenvalue weighted by Crippen LogP contribution is 2.66. The summed E-state index contributed by atoms with van der Waals surface area (Å²) in [6, 6.07) is 14.5. The minimum atomic E-state index is -2.69. The van der Waals surface area contributed by atoms with Gasteiger partial charge in [0.15, 0.2) is 0 Å². The summed E-state index contributed by atoms with van der Waals surface area (Å²) in [5.74, 6) is 0.357. The second-order valence-electron chi connectivity index (χ2n) is 6.37. The van der Waals surface area contributed by atoms with Crippen molar-refractivity contribution in [1.29, 1.82) is 0 Å². The van der Waals surface area contributed by atoms with E-state index in [1.807, 2.05) is 29.2 Å². The molecule has 1 unspecified atom stereocenters. The smallest absolute Gasteiger partial charge is 0.305 e. The predicted molar refractivity (Wildman–Crippen MR) is 109 cm³/mol. The number of hydrogen-bond acceptors (Lipinski definition) is 6. The number of amides is 2. The number of anilines is 2. The van der Waals surface area contributed by atoms with Gasteiger partial charge in [0, 0.05) is 30.2 Å². The van der Waals surface area contributed by atoms with Crippen LogP contribution in [0.25, 0.3) is 0 Å². The van der Waals surface area contributed by atoms with Crippen molar-refractivity contribution in [3.63, 3.8) is 0 Å². The number of carbonyl (C=O) groups is 2. The Morgan fingerprint density at radius 1 is 1.18 bits per heavy atom. The lowest BCUT2D eigenvalue weighted by Gasteiger charge is -2.43. The molecule has 0 radical (unpaired) electrons. The average Bonchev–Trinajstić information content (AvgIpc) is 2.95. The van der Waals surface area contributed by atoms with Crippen molar-refractivity contribution in [2.45, 2.75) is 5.44 Å². The lowest BCUT2D eigenvalue weighted by Crippen LogP contribution is -2.46. The summed E-state index contributed by atoms with van der Waals surface area (Å²) in [6.07, 6.45) is 1.72. The zero-order chi connectivity index (χ0) is 19.7. The van der Waals surface area contributed by atoms with E-state index in [4.69, 9.17) is 8.92 Å². The molecule has 0 aliphatic carbocycles. The molecule has 7 nitrogen and oxygen atoms in total. The van der Waals surface area contributed by atoms with Crippen molar-refractivity contribution in [1.82, 2.24) is 4.98 Å². The van der Waals surface area contributed by atoms with Crippen molar-refractivity contribution in [3.8, 4) is 0 Å². The Kier molecular flexibility index (Phi) is 4.92. The lowest BCUT2D eigenvalue weighted by atomic mass is 10.3. The van der Waals surface area contributed by atoms with Crippen molar-refractivity contribution in [2.24, 2.45) is 0 Å². The van der Waals surface area contributed by atoms with Gasteiger partial charge in [-0.2, -0.15) is 0 Å². The highest BCUT2D eigenvalue weighted by atomic mass is 32.3. The van der Waals surface area contributed by atoms with Gasteiger partial charge in [-0.25, -0.2) is 9.88 Å². The summed E-state index contributed by atoms with van der Waals surface area (Å²) in [5, 5.41) is -0.399. The number of carbonyl (C=O) groups excluding carboxylic acids is 2. The Hall–Kier alpha value is -2.68. The normalized spacial score (nSPS) is 27.8. The van der Waals surface area contributed by atoms with Crippen LogP contribution in [0.5, 0.6) is 0 Å². The maximum Gasteiger partial charge on any atom is 0.305 e. The molecule has 0 spiro atoms. The Labute approximate surface area is 165 Å². The number of morpholine rings is 1. The molecule has 0 bridgehead atoms. The molecule has 2 atom stereocenters. The van der Waals surface area contributed by atoms with Gasteiger partial charge in [-0.15, -0.1) is 0 Å². The molecule has 2 fully saturated rings. The van der Waals surface area contributed by atoms with Gasteiger partial charge < -0.3 is 13.8 Å². The van der Waals surface area contributed by atoms with E-state index in [-0.39, 0.29) is 4.91 Å². The number of nitrogens with zero attached hydrogens (tertiary/aromatic N) is 3. The van der Waals surface area contributed by atoms with Gasteiger partial charge in [-0.05, 0) is 24.3 Å². The molecular weight excluding hydrogens is 378 g/mol. The molecule has 2 amide bonds. The van der Waals surface area contributed by atoms with Crippen LogP contribution in [0.4, 0.5) is 16.3 Å². The molecule has 4 rings (SSSR count). The molecule has 2 aliphatic rings. The monoisotopic (exact) mass is 399 g/mol. The highest BCUT2D eigenvalue weighted by molar-refractivity contribution is 8.46. The average molecular weight is 399 g/mol. The number of pyridine rings is 1. The number of aromatic nitrogens is 1. The second kappa shape index (κ2) is 7.38. The van der Waals surface area contributed by atoms with Gasteiger partial charge in [0.25, 0.3) is 5.91 Å². The van der Waals surface area contributed by atoms with Gasteiger partial charge >= 0.3 is 5.24 Å². The van der Waals surface area contributed by atoms with E-state index >= 15 is 0 Å². The Bertz CT molecular complexity index is 908. The van der Waals surface area contributed by atoms with Crippen molar-refractivity contribution >= 4 is 33.0 Å². The minimum absolute atomic E-state index is 0.164. The Morgan fingerprint density at radius 3 is 2.61 bits per heavy atom. The van der Waals surface area contributed by atoms with Crippen LogP contribution in [-0.2, 0) is 13.7 Å². The molecular formula is C20H21N3O4S. The molecule has 1 aromatic heterocycles. The summed E-state index contributed by atoms with van der Waals surface area (Å²) in [7, 11) is -1.25. The van der Waals surface area contributed by atoms with Gasteiger partial charge in [-0.1, -0.05) is 30.8 Å². The summed E-state index contributed by atoms with van der Waals surface area (Å²) in [6.45, 7) is 5.38. The van der Waals surface area contributed by atoms with Crippen LogP contribution < -0.4 is 9.80 Å². The first-order valence-electron chi connectivity index (χ1n) is 8.87. The fourth-order valence-corrected chi connectivity index (χ4v) is 6.30. The molecule has 28 heavy (non-hydrogen) atoms. The molecule has 146 valence electrons. The summed E-state index contributed by atoms with van der Waals surface area (Å²) in [5.41, 5.74) is -0.103. The van der Waals surface area contributed by atoms with Gasteiger partial charge in [0.1, 0.15) is 11.3 Å². The maximum atomic E-state index is 13.5. The van der Waals surface area contributed by atoms with E-state index in [0.29, 0.717) is 25.4 Å². The first-order valence-corrected chi connectivity index (χ1v) is 10.5. The molecule has 8 heteroatoms. The Balaban J connectivity index is 1.69. The van der Waals surface area contributed by atoms with Crippen LogP contribution in [0.3, 0.4) is 0 Å². The fraction of sp³-hybridized carbons (Fsp3) is 0.250. The van der Waals surface area contributed by atoms with E-state index in [1.165, 1.54) is 7.11 Å². The van der Waals surface area contributed by atoms with Crippen LogP contribution in [-0.4, -0.2) is 48.4 Å².